The van der Waals surface area contributed by atoms with Crippen LogP contribution in [-0.4, -0.2) is 30.7 Å². The number of aliphatic hydroxyl groups excluding tert-OH is 1. The summed E-state index contributed by atoms with van der Waals surface area (Å²) in [5.41, 5.74) is 0. The lowest BCUT2D eigenvalue weighted by atomic mass is 9.94. The van der Waals surface area contributed by atoms with E-state index in [4.69, 9.17) is 0 Å². The molecule has 0 aliphatic carbocycles. The van der Waals surface area contributed by atoms with Gasteiger partial charge < -0.3 is 9.84 Å². The summed E-state index contributed by atoms with van der Waals surface area (Å²) >= 11 is 0. The molecule has 0 saturated heterocycles. The molecular weight excluding hydrogens is 156 g/mol. The Bertz CT molecular complexity index is 130. The summed E-state index contributed by atoms with van der Waals surface area (Å²) in [4.78, 5) is 11.1. The van der Waals surface area contributed by atoms with Crippen molar-refractivity contribution in [2.24, 2.45) is 5.92 Å². The van der Waals surface area contributed by atoms with Crippen LogP contribution < -0.4 is 0 Å². The highest BCUT2D eigenvalue weighted by atomic mass is 16.5. The van der Waals surface area contributed by atoms with Gasteiger partial charge in [-0.2, -0.15) is 0 Å². The van der Waals surface area contributed by atoms with Crippen molar-refractivity contribution in [1.82, 2.24) is 0 Å². The number of ether oxygens (including phenoxy) is 1. The van der Waals surface area contributed by atoms with Crippen molar-refractivity contribution in [3.8, 4) is 0 Å². The van der Waals surface area contributed by atoms with Crippen molar-refractivity contribution >= 4 is 5.78 Å². The van der Waals surface area contributed by atoms with Crippen molar-refractivity contribution in [1.29, 1.82) is 0 Å². The van der Waals surface area contributed by atoms with E-state index in [0.717, 1.165) is 12.8 Å². The van der Waals surface area contributed by atoms with Crippen molar-refractivity contribution in [3.63, 3.8) is 0 Å². The van der Waals surface area contributed by atoms with E-state index in [2.05, 4.69) is 4.74 Å². The number of rotatable bonds is 6. The quantitative estimate of drug-likeness (QED) is 0.653. The summed E-state index contributed by atoms with van der Waals surface area (Å²) in [6.07, 6.45) is 0.806. The third-order valence-electron chi connectivity index (χ3n) is 2.11. The molecular formula is C9H18O3. The number of hydrogen-bond acceptors (Lipinski definition) is 3. The average molecular weight is 174 g/mol. The van der Waals surface area contributed by atoms with Gasteiger partial charge >= 0.3 is 0 Å². The fraction of sp³-hybridized carbons (Fsp3) is 0.889. The smallest absolute Gasteiger partial charge is 0.187 e. The minimum absolute atomic E-state index is 0.0116. The molecule has 0 aromatic rings. The number of hydrogen-bond donors (Lipinski definition) is 1. The Hall–Kier alpha value is -0.410. The molecule has 0 saturated carbocycles. The first kappa shape index (κ1) is 11.6. The molecule has 1 N–H and O–H groups in total. The number of carbonyl (C=O) groups excluding carboxylic acids is 1. The Morgan fingerprint density at radius 1 is 1.42 bits per heavy atom. The Balaban J connectivity index is 3.96. The van der Waals surface area contributed by atoms with Gasteiger partial charge in [0, 0.05) is 7.11 Å². The number of aliphatic hydroxyl groups is 1. The third kappa shape index (κ3) is 3.32. The predicted molar refractivity (Wildman–Crippen MR) is 47.0 cm³/mol. The van der Waals surface area contributed by atoms with Gasteiger partial charge in [-0.15, -0.1) is 0 Å². The lowest BCUT2D eigenvalue weighted by Crippen LogP contribution is -2.31. The maximum atomic E-state index is 11.1. The first-order valence-corrected chi connectivity index (χ1v) is 4.37. The summed E-state index contributed by atoms with van der Waals surface area (Å²) in [5.74, 6) is -0.140. The topological polar surface area (TPSA) is 46.5 Å². The van der Waals surface area contributed by atoms with Crippen LogP contribution in [0.5, 0.6) is 0 Å². The molecule has 0 fully saturated rings. The number of methoxy groups -OCH3 is 1. The Morgan fingerprint density at radius 2 is 1.92 bits per heavy atom. The van der Waals surface area contributed by atoms with Gasteiger partial charge in [-0.1, -0.05) is 26.7 Å². The summed E-state index contributed by atoms with van der Waals surface area (Å²) in [5, 5.41) is 9.48. The lowest BCUT2D eigenvalue weighted by Gasteiger charge is -2.17. The molecule has 0 heterocycles. The average Bonchev–Trinajstić information content (AvgIpc) is 2.07. The first-order valence-electron chi connectivity index (χ1n) is 4.37. The van der Waals surface area contributed by atoms with Crippen LogP contribution in [0.4, 0.5) is 0 Å². The zero-order valence-corrected chi connectivity index (χ0v) is 8.04. The number of carbonyl (C=O) groups is 1. The van der Waals surface area contributed by atoms with E-state index in [1.807, 2.05) is 13.8 Å². The monoisotopic (exact) mass is 174 g/mol. The van der Waals surface area contributed by atoms with E-state index < -0.39 is 6.10 Å². The van der Waals surface area contributed by atoms with Crippen molar-refractivity contribution in [2.45, 2.75) is 32.8 Å². The van der Waals surface area contributed by atoms with Crippen LogP contribution in [0.1, 0.15) is 26.7 Å². The molecule has 0 aromatic heterocycles. The molecule has 3 heteroatoms. The maximum absolute atomic E-state index is 11.1. The Morgan fingerprint density at radius 3 is 2.25 bits per heavy atom. The summed E-state index contributed by atoms with van der Waals surface area (Å²) in [6.45, 7) is 3.95. The standard InChI is InChI=1S/C9H18O3/c1-4-7(5-2)9(11)8(10)6-12-3/h7,9,11H,4-6H2,1-3H3. The minimum Gasteiger partial charge on any atom is -0.385 e. The largest absolute Gasteiger partial charge is 0.385 e. The highest BCUT2D eigenvalue weighted by Crippen LogP contribution is 2.13. The fourth-order valence-corrected chi connectivity index (χ4v) is 1.23. The fourth-order valence-electron chi connectivity index (χ4n) is 1.23. The van der Waals surface area contributed by atoms with Crippen LogP contribution in [0, 0.1) is 5.92 Å². The zero-order valence-electron chi connectivity index (χ0n) is 8.04. The van der Waals surface area contributed by atoms with E-state index >= 15 is 0 Å². The molecule has 0 aliphatic rings. The molecule has 72 valence electrons. The van der Waals surface area contributed by atoms with Crippen LogP contribution in [0.3, 0.4) is 0 Å². The van der Waals surface area contributed by atoms with Crippen LogP contribution in [0.2, 0.25) is 0 Å². The first-order chi connectivity index (χ1) is 5.67. The minimum atomic E-state index is -0.847. The molecule has 0 bridgehead atoms. The van der Waals surface area contributed by atoms with E-state index in [1.54, 1.807) is 0 Å². The van der Waals surface area contributed by atoms with Gasteiger partial charge in [0.15, 0.2) is 5.78 Å². The zero-order chi connectivity index (χ0) is 9.56. The van der Waals surface area contributed by atoms with Gasteiger partial charge in [-0.25, -0.2) is 0 Å². The van der Waals surface area contributed by atoms with Gasteiger partial charge in [0.2, 0.25) is 0 Å². The summed E-state index contributed by atoms with van der Waals surface area (Å²) in [7, 11) is 1.46. The molecule has 0 aromatic carbocycles. The molecule has 3 nitrogen and oxygen atoms in total. The van der Waals surface area contributed by atoms with Gasteiger partial charge in [-0.05, 0) is 5.92 Å². The SMILES string of the molecule is CCC(CC)C(O)C(=O)COC. The molecule has 0 rings (SSSR count). The molecule has 0 aliphatic heterocycles. The number of Topliss-reactive ketones (excluding diaryl/α,β-unsaturated/α-hetero) is 1. The van der Waals surface area contributed by atoms with E-state index in [1.165, 1.54) is 7.11 Å². The number of ketones is 1. The van der Waals surface area contributed by atoms with Crippen molar-refractivity contribution in [2.75, 3.05) is 13.7 Å². The second-order valence-corrected chi connectivity index (χ2v) is 2.92. The van der Waals surface area contributed by atoms with Gasteiger partial charge in [-0.3, -0.25) is 4.79 Å². The van der Waals surface area contributed by atoms with Crippen molar-refractivity contribution in [3.05, 3.63) is 0 Å². The van der Waals surface area contributed by atoms with Crippen LogP contribution in [0.15, 0.2) is 0 Å². The molecule has 0 radical (unpaired) electrons. The van der Waals surface area contributed by atoms with Crippen LogP contribution in [0.25, 0.3) is 0 Å². The third-order valence-corrected chi connectivity index (χ3v) is 2.11. The van der Waals surface area contributed by atoms with E-state index in [9.17, 15) is 9.90 Å². The van der Waals surface area contributed by atoms with Crippen LogP contribution >= 0.6 is 0 Å². The molecule has 12 heavy (non-hydrogen) atoms. The summed E-state index contributed by atoms with van der Waals surface area (Å²) in [6, 6.07) is 0. The molecule has 1 atom stereocenters. The normalized spacial score (nSPS) is 13.4. The molecule has 0 amide bonds. The van der Waals surface area contributed by atoms with Crippen LogP contribution in [-0.2, 0) is 9.53 Å². The summed E-state index contributed by atoms with van der Waals surface area (Å²) < 4.78 is 4.65. The highest BCUT2D eigenvalue weighted by molar-refractivity contribution is 5.84. The molecule has 1 unspecified atom stereocenters. The Kier molecular flexibility index (Phi) is 5.93. The van der Waals surface area contributed by atoms with E-state index in [-0.39, 0.29) is 18.3 Å². The maximum Gasteiger partial charge on any atom is 0.187 e. The van der Waals surface area contributed by atoms with E-state index in [0.29, 0.717) is 0 Å². The highest BCUT2D eigenvalue weighted by Gasteiger charge is 2.22. The lowest BCUT2D eigenvalue weighted by molar-refractivity contribution is -0.133. The Labute approximate surface area is 73.7 Å². The second kappa shape index (κ2) is 6.14. The van der Waals surface area contributed by atoms with Gasteiger partial charge in [0.25, 0.3) is 0 Å². The second-order valence-electron chi connectivity index (χ2n) is 2.92. The van der Waals surface area contributed by atoms with Gasteiger partial charge in [0.1, 0.15) is 12.7 Å². The molecule has 0 spiro atoms. The van der Waals surface area contributed by atoms with Crippen molar-refractivity contribution < 1.29 is 14.6 Å². The predicted octanol–water partition coefficient (Wildman–Crippen LogP) is 0.999. The van der Waals surface area contributed by atoms with Gasteiger partial charge in [0.05, 0.1) is 0 Å².